The Morgan fingerprint density at radius 3 is 2.57 bits per heavy atom. The zero-order valence-electron chi connectivity index (χ0n) is 13.8. The van der Waals surface area contributed by atoms with Gasteiger partial charge >= 0.3 is 0 Å². The van der Waals surface area contributed by atoms with Crippen LogP contribution in [0.3, 0.4) is 0 Å². The number of aryl methyl sites for hydroxylation is 1. The summed E-state index contributed by atoms with van der Waals surface area (Å²) in [5, 5.41) is 9.54. The third-order valence-corrected chi connectivity index (χ3v) is 4.23. The number of nitrogens with zero attached hydrogens (tertiary/aromatic N) is 2. The fourth-order valence-electron chi connectivity index (χ4n) is 3.29. The number of pyridine rings is 1. The summed E-state index contributed by atoms with van der Waals surface area (Å²) in [4.78, 5) is 7.38. The molecule has 0 unspecified atom stereocenters. The summed E-state index contributed by atoms with van der Waals surface area (Å²) in [7, 11) is 0. The van der Waals surface area contributed by atoms with Crippen LogP contribution in [0.1, 0.15) is 64.1 Å². The fraction of sp³-hybridized carbons (Fsp3) is 0.722. The lowest BCUT2D eigenvalue weighted by atomic mass is 10.1. The minimum atomic E-state index is 0.104. The van der Waals surface area contributed by atoms with Gasteiger partial charge in [-0.05, 0) is 42.9 Å². The Bertz CT molecular complexity index is 439. The van der Waals surface area contributed by atoms with Crippen molar-refractivity contribution in [2.75, 3.05) is 11.4 Å². The summed E-state index contributed by atoms with van der Waals surface area (Å²) in [6, 6.07) is 4.76. The standard InChI is InChI=1S/C18H30N2O/c1-4-7-16-10-15(13-21)11-18(19-16)20(12-14(2)3)17-8-5-6-9-17/h10-11,14,17,21H,4-9,12-13H2,1-3H3. The molecule has 1 aliphatic carbocycles. The van der Waals surface area contributed by atoms with Gasteiger partial charge in [0.15, 0.2) is 0 Å². The molecule has 2 rings (SSSR count). The Hall–Kier alpha value is -1.09. The summed E-state index contributed by atoms with van der Waals surface area (Å²) < 4.78 is 0. The average molecular weight is 290 g/mol. The number of hydrogen-bond donors (Lipinski definition) is 1. The molecule has 0 aliphatic heterocycles. The maximum absolute atomic E-state index is 9.54. The molecular formula is C18H30N2O. The van der Waals surface area contributed by atoms with E-state index in [4.69, 9.17) is 4.98 Å². The van der Waals surface area contributed by atoms with Crippen molar-refractivity contribution in [2.24, 2.45) is 5.92 Å². The molecule has 1 aromatic rings. The minimum absolute atomic E-state index is 0.104. The van der Waals surface area contributed by atoms with Crippen LogP contribution in [0.2, 0.25) is 0 Å². The van der Waals surface area contributed by atoms with E-state index in [9.17, 15) is 5.11 Å². The SMILES string of the molecule is CCCc1cc(CO)cc(N(CC(C)C)C2CCCC2)n1. The lowest BCUT2D eigenvalue weighted by Gasteiger charge is -2.32. The lowest BCUT2D eigenvalue weighted by molar-refractivity contribution is 0.281. The van der Waals surface area contributed by atoms with E-state index < -0.39 is 0 Å². The fourth-order valence-corrected chi connectivity index (χ4v) is 3.29. The molecule has 1 aliphatic rings. The van der Waals surface area contributed by atoms with Gasteiger partial charge in [-0.15, -0.1) is 0 Å². The lowest BCUT2D eigenvalue weighted by Crippen LogP contribution is -2.37. The molecule has 0 aromatic carbocycles. The van der Waals surface area contributed by atoms with Crippen LogP contribution < -0.4 is 4.90 Å². The molecule has 3 heteroatoms. The van der Waals surface area contributed by atoms with Crippen molar-refractivity contribution < 1.29 is 5.11 Å². The van der Waals surface area contributed by atoms with E-state index >= 15 is 0 Å². The molecular weight excluding hydrogens is 260 g/mol. The van der Waals surface area contributed by atoms with Crippen molar-refractivity contribution >= 4 is 5.82 Å². The van der Waals surface area contributed by atoms with E-state index in [1.54, 1.807) is 0 Å². The molecule has 118 valence electrons. The van der Waals surface area contributed by atoms with E-state index in [0.29, 0.717) is 12.0 Å². The molecule has 21 heavy (non-hydrogen) atoms. The van der Waals surface area contributed by atoms with Crippen molar-refractivity contribution in [3.05, 3.63) is 23.4 Å². The number of rotatable bonds is 7. The number of aliphatic hydroxyl groups excluding tert-OH is 1. The van der Waals surface area contributed by atoms with E-state index in [2.05, 4.69) is 37.8 Å². The quantitative estimate of drug-likeness (QED) is 0.826. The van der Waals surface area contributed by atoms with Gasteiger partial charge in [-0.3, -0.25) is 0 Å². The second-order valence-corrected chi connectivity index (χ2v) is 6.72. The van der Waals surface area contributed by atoms with Crippen LogP contribution in [0, 0.1) is 5.92 Å². The molecule has 0 amide bonds. The number of aromatic nitrogens is 1. The van der Waals surface area contributed by atoms with E-state index in [1.165, 1.54) is 25.7 Å². The Morgan fingerprint density at radius 2 is 2.00 bits per heavy atom. The minimum Gasteiger partial charge on any atom is -0.392 e. The Labute approximate surface area is 129 Å². The first-order valence-corrected chi connectivity index (χ1v) is 8.51. The predicted octanol–water partition coefficient (Wildman–Crippen LogP) is 3.93. The van der Waals surface area contributed by atoms with Crippen molar-refractivity contribution in [1.82, 2.24) is 4.98 Å². The highest BCUT2D eigenvalue weighted by Gasteiger charge is 2.24. The normalized spacial score (nSPS) is 15.9. The molecule has 0 atom stereocenters. The van der Waals surface area contributed by atoms with Crippen LogP contribution in [0.5, 0.6) is 0 Å². The Balaban J connectivity index is 2.30. The molecule has 0 bridgehead atoms. The largest absolute Gasteiger partial charge is 0.392 e. The van der Waals surface area contributed by atoms with Gasteiger partial charge in [0, 0.05) is 18.3 Å². The second-order valence-electron chi connectivity index (χ2n) is 6.72. The maximum Gasteiger partial charge on any atom is 0.129 e. The zero-order chi connectivity index (χ0) is 15.2. The number of hydrogen-bond acceptors (Lipinski definition) is 3. The highest BCUT2D eigenvalue weighted by Crippen LogP contribution is 2.29. The zero-order valence-corrected chi connectivity index (χ0v) is 13.8. The third-order valence-electron chi connectivity index (χ3n) is 4.23. The molecule has 1 aromatic heterocycles. The summed E-state index contributed by atoms with van der Waals surface area (Å²) in [5.74, 6) is 1.70. The molecule has 0 saturated heterocycles. The first-order valence-electron chi connectivity index (χ1n) is 8.51. The van der Waals surface area contributed by atoms with Crippen molar-refractivity contribution in [3.63, 3.8) is 0 Å². The third kappa shape index (κ3) is 4.44. The number of aliphatic hydroxyl groups is 1. The average Bonchev–Trinajstić information content (AvgIpc) is 2.98. The molecule has 1 heterocycles. The van der Waals surface area contributed by atoms with Crippen LogP contribution >= 0.6 is 0 Å². The van der Waals surface area contributed by atoms with Gasteiger partial charge in [0.2, 0.25) is 0 Å². The van der Waals surface area contributed by atoms with Crippen molar-refractivity contribution in [3.8, 4) is 0 Å². The monoisotopic (exact) mass is 290 g/mol. The summed E-state index contributed by atoms with van der Waals surface area (Å²) in [5.41, 5.74) is 2.11. The molecule has 0 spiro atoms. The Morgan fingerprint density at radius 1 is 1.29 bits per heavy atom. The summed E-state index contributed by atoms with van der Waals surface area (Å²) in [6.45, 7) is 7.87. The van der Waals surface area contributed by atoms with Crippen LogP contribution in [0.4, 0.5) is 5.82 Å². The topological polar surface area (TPSA) is 36.4 Å². The van der Waals surface area contributed by atoms with E-state index in [1.807, 2.05) is 0 Å². The summed E-state index contributed by atoms with van der Waals surface area (Å²) >= 11 is 0. The molecule has 1 saturated carbocycles. The molecule has 0 radical (unpaired) electrons. The van der Waals surface area contributed by atoms with Gasteiger partial charge in [0.05, 0.1) is 6.61 Å². The van der Waals surface area contributed by atoms with Crippen LogP contribution in [-0.2, 0) is 13.0 Å². The smallest absolute Gasteiger partial charge is 0.129 e. The Kier molecular flexibility index (Phi) is 6.04. The van der Waals surface area contributed by atoms with Gasteiger partial charge in [-0.2, -0.15) is 0 Å². The van der Waals surface area contributed by atoms with Crippen LogP contribution in [0.25, 0.3) is 0 Å². The van der Waals surface area contributed by atoms with E-state index in [0.717, 1.165) is 36.5 Å². The van der Waals surface area contributed by atoms with E-state index in [-0.39, 0.29) is 6.61 Å². The second kappa shape index (κ2) is 7.79. The van der Waals surface area contributed by atoms with Crippen LogP contribution in [0.15, 0.2) is 12.1 Å². The first-order chi connectivity index (χ1) is 10.1. The summed E-state index contributed by atoms with van der Waals surface area (Å²) in [6.07, 6.45) is 7.30. The van der Waals surface area contributed by atoms with Crippen molar-refractivity contribution in [1.29, 1.82) is 0 Å². The van der Waals surface area contributed by atoms with Gasteiger partial charge in [0.1, 0.15) is 5.82 Å². The molecule has 1 fully saturated rings. The van der Waals surface area contributed by atoms with Gasteiger partial charge in [-0.1, -0.05) is 40.0 Å². The number of anilines is 1. The van der Waals surface area contributed by atoms with Gasteiger partial charge in [0.25, 0.3) is 0 Å². The van der Waals surface area contributed by atoms with Gasteiger partial charge in [-0.25, -0.2) is 4.98 Å². The van der Waals surface area contributed by atoms with Crippen LogP contribution in [-0.4, -0.2) is 22.7 Å². The highest BCUT2D eigenvalue weighted by molar-refractivity contribution is 5.44. The highest BCUT2D eigenvalue weighted by atomic mass is 16.3. The molecule has 1 N–H and O–H groups in total. The van der Waals surface area contributed by atoms with Crippen molar-refractivity contribution in [2.45, 2.75) is 71.9 Å². The predicted molar refractivity (Wildman–Crippen MR) is 88.6 cm³/mol. The van der Waals surface area contributed by atoms with Gasteiger partial charge < -0.3 is 10.0 Å². The molecule has 3 nitrogen and oxygen atoms in total. The first kappa shape index (κ1) is 16.3. The maximum atomic E-state index is 9.54.